The molecule has 6 rings (SSSR count). The lowest BCUT2D eigenvalue weighted by Crippen LogP contribution is -2.40. The summed E-state index contributed by atoms with van der Waals surface area (Å²) in [7, 11) is 0. The number of nitrogens with zero attached hydrogens (tertiary/aromatic N) is 2. The van der Waals surface area contributed by atoms with Crippen LogP contribution >= 0.6 is 0 Å². The van der Waals surface area contributed by atoms with Crippen molar-refractivity contribution in [2.75, 3.05) is 11.4 Å². The van der Waals surface area contributed by atoms with Crippen molar-refractivity contribution in [1.29, 1.82) is 0 Å². The molecule has 0 spiro atoms. The Morgan fingerprint density at radius 2 is 1.64 bits per heavy atom. The van der Waals surface area contributed by atoms with E-state index in [1.54, 1.807) is 0 Å². The highest BCUT2D eigenvalue weighted by molar-refractivity contribution is 6.16. The average molecular weight is 368 g/mol. The van der Waals surface area contributed by atoms with Crippen molar-refractivity contribution in [3.05, 3.63) is 77.4 Å². The smallest absolute Gasteiger partial charge is 0.259 e. The van der Waals surface area contributed by atoms with E-state index in [-0.39, 0.29) is 23.9 Å². The molecule has 0 bridgehead atoms. The fraction of sp³-hybridized carbons (Fsp3) is 0.250. The number of anilines is 1. The lowest BCUT2D eigenvalue weighted by molar-refractivity contribution is -0.130. The normalized spacial score (nSPS) is 23.1. The Morgan fingerprint density at radius 1 is 0.821 bits per heavy atom. The van der Waals surface area contributed by atoms with Gasteiger partial charge in [0.1, 0.15) is 0 Å². The Bertz CT molecular complexity index is 1150. The molecule has 4 nitrogen and oxygen atoms in total. The molecule has 3 aliphatic rings. The van der Waals surface area contributed by atoms with Crippen molar-refractivity contribution in [1.82, 2.24) is 4.90 Å². The van der Waals surface area contributed by atoms with Gasteiger partial charge in [0.15, 0.2) is 0 Å². The maximum atomic E-state index is 13.4. The Hall–Kier alpha value is -3.14. The summed E-state index contributed by atoms with van der Waals surface area (Å²) in [6, 6.07) is 20.4. The minimum atomic E-state index is -0.0135. The summed E-state index contributed by atoms with van der Waals surface area (Å²) in [6.45, 7) is 0.804. The predicted octanol–water partition coefficient (Wildman–Crippen LogP) is 4.61. The summed E-state index contributed by atoms with van der Waals surface area (Å²) in [6.07, 6.45) is 2.31. The van der Waals surface area contributed by atoms with Crippen LogP contribution in [-0.2, 0) is 4.79 Å². The van der Waals surface area contributed by atoms with Crippen LogP contribution in [0.15, 0.2) is 60.7 Å². The number of hydrogen-bond acceptors (Lipinski definition) is 2. The molecule has 28 heavy (non-hydrogen) atoms. The molecule has 4 heteroatoms. The third-order valence-corrected chi connectivity index (χ3v) is 6.55. The molecule has 1 fully saturated rings. The summed E-state index contributed by atoms with van der Waals surface area (Å²) >= 11 is 0. The van der Waals surface area contributed by atoms with Crippen LogP contribution in [0.3, 0.4) is 0 Å². The van der Waals surface area contributed by atoms with E-state index in [0.717, 1.165) is 52.5 Å². The number of fused-ring (bicyclic) bond motifs is 7. The van der Waals surface area contributed by atoms with Crippen LogP contribution in [0, 0.1) is 0 Å². The van der Waals surface area contributed by atoms with Crippen molar-refractivity contribution in [2.45, 2.75) is 31.3 Å². The zero-order chi connectivity index (χ0) is 18.8. The van der Waals surface area contributed by atoms with Gasteiger partial charge in [0, 0.05) is 23.9 Å². The molecule has 0 aromatic heterocycles. The molecule has 2 amide bonds. The Balaban J connectivity index is 1.63. The van der Waals surface area contributed by atoms with Gasteiger partial charge in [-0.15, -0.1) is 0 Å². The highest BCUT2D eigenvalue weighted by atomic mass is 16.2. The second kappa shape index (κ2) is 5.68. The van der Waals surface area contributed by atoms with Gasteiger partial charge in [-0.1, -0.05) is 54.6 Å². The van der Waals surface area contributed by atoms with Gasteiger partial charge < -0.3 is 4.90 Å². The number of carbonyl (C=O) groups excluding carboxylic acids is 2. The number of hydrogen-bond donors (Lipinski definition) is 0. The average Bonchev–Trinajstić information content (AvgIpc) is 3.28. The van der Waals surface area contributed by atoms with E-state index in [4.69, 9.17) is 0 Å². The minimum Gasteiger partial charge on any atom is -0.335 e. The Kier molecular flexibility index (Phi) is 3.22. The van der Waals surface area contributed by atoms with Gasteiger partial charge >= 0.3 is 0 Å². The molecule has 0 radical (unpaired) electrons. The lowest BCUT2D eigenvalue weighted by Gasteiger charge is -2.41. The van der Waals surface area contributed by atoms with Crippen LogP contribution < -0.4 is 4.90 Å². The molecular weight excluding hydrogens is 348 g/mol. The van der Waals surface area contributed by atoms with Gasteiger partial charge in [0.25, 0.3) is 5.91 Å². The van der Waals surface area contributed by atoms with E-state index >= 15 is 0 Å². The summed E-state index contributed by atoms with van der Waals surface area (Å²) in [4.78, 5) is 30.0. The number of amides is 2. The summed E-state index contributed by atoms with van der Waals surface area (Å²) < 4.78 is 0. The van der Waals surface area contributed by atoms with E-state index in [1.165, 1.54) is 0 Å². The second-order valence-electron chi connectivity index (χ2n) is 7.94. The maximum absolute atomic E-state index is 13.4. The molecule has 2 atom stereocenters. The van der Waals surface area contributed by atoms with Gasteiger partial charge in [0.05, 0.1) is 17.8 Å². The molecule has 1 saturated heterocycles. The molecule has 3 aliphatic heterocycles. The predicted molar refractivity (Wildman–Crippen MR) is 108 cm³/mol. The molecule has 3 aromatic rings. The monoisotopic (exact) mass is 368 g/mol. The van der Waals surface area contributed by atoms with E-state index in [1.807, 2.05) is 40.1 Å². The SMILES string of the molecule is O=C1CCCN1[C@H]1C[C@H]2c3ccccc3C(=O)N2c2c1ccc1ccccc21. The van der Waals surface area contributed by atoms with Gasteiger partial charge in [-0.3, -0.25) is 14.5 Å². The lowest BCUT2D eigenvalue weighted by atomic mass is 9.86. The number of likely N-dealkylation sites (tertiary alicyclic amines) is 1. The van der Waals surface area contributed by atoms with Crippen LogP contribution in [0.5, 0.6) is 0 Å². The Morgan fingerprint density at radius 3 is 2.50 bits per heavy atom. The highest BCUT2D eigenvalue weighted by Gasteiger charge is 2.46. The van der Waals surface area contributed by atoms with Crippen LogP contribution in [0.4, 0.5) is 5.69 Å². The van der Waals surface area contributed by atoms with Crippen molar-refractivity contribution >= 4 is 28.3 Å². The molecule has 138 valence electrons. The standard InChI is InChI=1S/C24H20N2O2/c27-22-10-5-13-25(22)20-14-21-17-8-3-4-9-18(17)24(28)26(21)23-16-7-2-1-6-15(16)11-12-19(20)23/h1-4,6-9,11-12,20-21H,5,10,13-14H2/t20-,21-/m0/s1. The first-order valence-corrected chi connectivity index (χ1v) is 9.97. The quantitative estimate of drug-likeness (QED) is 0.629. The molecule has 0 unspecified atom stereocenters. The highest BCUT2D eigenvalue weighted by Crippen LogP contribution is 2.53. The van der Waals surface area contributed by atoms with Crippen molar-refractivity contribution in [2.24, 2.45) is 0 Å². The Labute approximate surface area is 163 Å². The van der Waals surface area contributed by atoms with Crippen molar-refractivity contribution < 1.29 is 9.59 Å². The fourth-order valence-electron chi connectivity index (χ4n) is 5.32. The van der Waals surface area contributed by atoms with Gasteiger partial charge in [0.2, 0.25) is 5.91 Å². The largest absolute Gasteiger partial charge is 0.335 e. The molecule has 0 N–H and O–H groups in total. The third-order valence-electron chi connectivity index (χ3n) is 6.55. The van der Waals surface area contributed by atoms with Crippen molar-refractivity contribution in [3.8, 4) is 0 Å². The van der Waals surface area contributed by atoms with Gasteiger partial charge in [-0.05, 0) is 35.4 Å². The minimum absolute atomic E-state index is 0.0135. The zero-order valence-corrected chi connectivity index (χ0v) is 15.5. The number of rotatable bonds is 1. The fourth-order valence-corrected chi connectivity index (χ4v) is 5.32. The van der Waals surface area contributed by atoms with Crippen LogP contribution in [0.2, 0.25) is 0 Å². The van der Waals surface area contributed by atoms with Gasteiger partial charge in [-0.25, -0.2) is 0 Å². The van der Waals surface area contributed by atoms with Crippen molar-refractivity contribution in [3.63, 3.8) is 0 Å². The molecular formula is C24H20N2O2. The summed E-state index contributed by atoms with van der Waals surface area (Å²) in [5.74, 6) is 0.305. The van der Waals surface area contributed by atoms with E-state index in [2.05, 4.69) is 30.3 Å². The first-order valence-electron chi connectivity index (χ1n) is 9.97. The number of carbonyl (C=O) groups is 2. The van der Waals surface area contributed by atoms with Crippen LogP contribution in [-0.4, -0.2) is 23.3 Å². The van der Waals surface area contributed by atoms with Gasteiger partial charge in [-0.2, -0.15) is 0 Å². The maximum Gasteiger partial charge on any atom is 0.259 e. The van der Waals surface area contributed by atoms with Crippen LogP contribution in [0.1, 0.15) is 52.8 Å². The molecule has 0 saturated carbocycles. The summed E-state index contributed by atoms with van der Waals surface area (Å²) in [5, 5.41) is 2.21. The molecule has 0 aliphatic carbocycles. The first-order chi connectivity index (χ1) is 13.7. The van der Waals surface area contributed by atoms with E-state index in [9.17, 15) is 9.59 Å². The number of benzene rings is 3. The van der Waals surface area contributed by atoms with Crippen LogP contribution in [0.25, 0.3) is 10.8 Å². The summed E-state index contributed by atoms with van der Waals surface area (Å²) in [5.41, 5.74) is 3.97. The first kappa shape index (κ1) is 15.9. The second-order valence-corrected chi connectivity index (χ2v) is 7.94. The van der Waals surface area contributed by atoms with E-state index < -0.39 is 0 Å². The van der Waals surface area contributed by atoms with E-state index in [0.29, 0.717) is 6.42 Å². The molecule has 3 heterocycles. The zero-order valence-electron chi connectivity index (χ0n) is 15.5. The molecule has 3 aromatic carbocycles. The topological polar surface area (TPSA) is 40.6 Å². The third kappa shape index (κ3) is 2.00.